The first kappa shape index (κ1) is 13.7. The summed E-state index contributed by atoms with van der Waals surface area (Å²) >= 11 is 1.62. The maximum absolute atomic E-state index is 5.69. The number of fused-ring (bicyclic) bond motifs is 1. The Morgan fingerprint density at radius 2 is 1.96 bits per heavy atom. The molecular weight excluding hydrogens is 308 g/mol. The van der Waals surface area contributed by atoms with E-state index in [0.717, 1.165) is 21.0 Å². The molecule has 1 N–H and O–H groups in total. The van der Waals surface area contributed by atoms with E-state index in [-0.39, 0.29) is 0 Å². The molecule has 0 spiro atoms. The zero-order valence-electron chi connectivity index (χ0n) is 12.0. The number of benzene rings is 2. The van der Waals surface area contributed by atoms with Crippen molar-refractivity contribution in [2.75, 3.05) is 5.32 Å². The lowest BCUT2D eigenvalue weighted by atomic mass is 10.3. The highest BCUT2D eigenvalue weighted by atomic mass is 32.1. The Kier molecular flexibility index (Phi) is 3.57. The fraction of sp³-hybridized carbons (Fsp3) is 0. The van der Waals surface area contributed by atoms with Gasteiger partial charge < -0.3 is 10.1 Å². The molecule has 0 aliphatic rings. The first-order valence-corrected chi connectivity index (χ1v) is 7.85. The number of hydrogen-bond acceptors (Lipinski definition) is 6. The van der Waals surface area contributed by atoms with Gasteiger partial charge in [-0.25, -0.2) is 9.97 Å². The number of ether oxygens (including phenoxy) is 1. The Morgan fingerprint density at radius 1 is 1.00 bits per heavy atom. The molecule has 112 valence electrons. The average Bonchev–Trinajstić information content (AvgIpc) is 2.98. The van der Waals surface area contributed by atoms with E-state index in [0.29, 0.717) is 11.6 Å². The lowest BCUT2D eigenvalue weighted by molar-refractivity contribution is 0.460. The van der Waals surface area contributed by atoms with Crippen molar-refractivity contribution in [1.29, 1.82) is 0 Å². The largest absolute Gasteiger partial charge is 0.437 e. The smallest absolute Gasteiger partial charge is 0.237 e. The number of nitrogens with zero attached hydrogens (tertiary/aromatic N) is 3. The Morgan fingerprint density at radius 3 is 2.83 bits per heavy atom. The van der Waals surface area contributed by atoms with Gasteiger partial charge >= 0.3 is 0 Å². The lowest BCUT2D eigenvalue weighted by Gasteiger charge is -2.06. The molecule has 2 aromatic carbocycles. The Bertz CT molecular complexity index is 906. The topological polar surface area (TPSA) is 59.9 Å². The maximum atomic E-state index is 5.69. The molecule has 0 unspecified atom stereocenters. The number of thiazole rings is 1. The summed E-state index contributed by atoms with van der Waals surface area (Å²) in [5.41, 5.74) is 1.90. The molecule has 0 atom stereocenters. The Hall–Kier alpha value is -2.99. The summed E-state index contributed by atoms with van der Waals surface area (Å²) in [7, 11) is 0. The van der Waals surface area contributed by atoms with Crippen molar-refractivity contribution in [3.05, 3.63) is 67.1 Å². The van der Waals surface area contributed by atoms with Gasteiger partial charge in [-0.05, 0) is 24.3 Å². The van der Waals surface area contributed by atoms with E-state index >= 15 is 0 Å². The van der Waals surface area contributed by atoms with Gasteiger partial charge in [0, 0.05) is 24.1 Å². The predicted molar refractivity (Wildman–Crippen MR) is 91.5 cm³/mol. The van der Waals surface area contributed by atoms with Crippen LogP contribution in [0.4, 0.5) is 10.8 Å². The number of nitrogens with one attached hydrogen (secondary N) is 1. The molecule has 6 heteroatoms. The van der Waals surface area contributed by atoms with Crippen molar-refractivity contribution in [3.8, 4) is 11.6 Å². The maximum Gasteiger partial charge on any atom is 0.237 e. The number of aromatic nitrogens is 3. The molecule has 0 aliphatic heterocycles. The molecule has 2 heterocycles. The molecular formula is C17H12N4OS. The fourth-order valence-corrected chi connectivity index (χ4v) is 3.03. The predicted octanol–water partition coefficient (Wildman–Crippen LogP) is 4.62. The molecule has 0 amide bonds. The van der Waals surface area contributed by atoms with Gasteiger partial charge in [-0.3, -0.25) is 4.98 Å². The zero-order chi connectivity index (χ0) is 15.5. The van der Waals surface area contributed by atoms with Gasteiger partial charge in [-0.15, -0.1) is 0 Å². The van der Waals surface area contributed by atoms with Crippen LogP contribution in [0, 0.1) is 0 Å². The summed E-state index contributed by atoms with van der Waals surface area (Å²) in [6, 6.07) is 15.7. The van der Waals surface area contributed by atoms with Crippen LogP contribution in [0.1, 0.15) is 0 Å². The average molecular weight is 320 g/mol. The van der Waals surface area contributed by atoms with Crippen LogP contribution in [0.25, 0.3) is 10.2 Å². The minimum atomic E-state index is 0.463. The first-order valence-electron chi connectivity index (χ1n) is 7.03. The zero-order valence-corrected chi connectivity index (χ0v) is 12.8. The van der Waals surface area contributed by atoms with E-state index in [4.69, 9.17) is 4.74 Å². The summed E-state index contributed by atoms with van der Waals surface area (Å²) in [6.45, 7) is 0. The molecule has 4 aromatic rings. The molecule has 5 nitrogen and oxygen atoms in total. The van der Waals surface area contributed by atoms with Crippen LogP contribution in [-0.4, -0.2) is 15.0 Å². The van der Waals surface area contributed by atoms with Crippen LogP contribution in [-0.2, 0) is 0 Å². The lowest BCUT2D eigenvalue weighted by Crippen LogP contribution is -1.91. The van der Waals surface area contributed by atoms with Crippen LogP contribution >= 0.6 is 11.3 Å². The SMILES string of the molecule is c1cc(Nc2nc3ccccc3s2)cc(Oc2cnccn2)c1. The molecule has 2 aromatic heterocycles. The molecule has 0 radical (unpaired) electrons. The third kappa shape index (κ3) is 3.12. The van der Waals surface area contributed by atoms with E-state index in [2.05, 4.69) is 26.3 Å². The second-order valence-corrected chi connectivity index (χ2v) is 5.82. The third-order valence-electron chi connectivity index (χ3n) is 3.14. The van der Waals surface area contributed by atoms with Crippen molar-refractivity contribution >= 4 is 32.4 Å². The monoisotopic (exact) mass is 320 g/mol. The minimum absolute atomic E-state index is 0.463. The molecule has 0 fully saturated rings. The normalized spacial score (nSPS) is 10.6. The van der Waals surface area contributed by atoms with Gasteiger partial charge in [0.25, 0.3) is 0 Å². The van der Waals surface area contributed by atoms with E-state index in [1.54, 1.807) is 29.9 Å². The van der Waals surface area contributed by atoms with Gasteiger partial charge in [0.05, 0.1) is 16.4 Å². The quantitative estimate of drug-likeness (QED) is 0.594. The highest BCUT2D eigenvalue weighted by molar-refractivity contribution is 7.22. The van der Waals surface area contributed by atoms with Gasteiger partial charge in [0.15, 0.2) is 5.13 Å². The van der Waals surface area contributed by atoms with Crippen molar-refractivity contribution < 1.29 is 4.74 Å². The molecule has 0 bridgehead atoms. The number of rotatable bonds is 4. The Balaban J connectivity index is 1.56. The van der Waals surface area contributed by atoms with Gasteiger partial charge in [-0.2, -0.15) is 0 Å². The summed E-state index contributed by atoms with van der Waals surface area (Å²) < 4.78 is 6.84. The summed E-state index contributed by atoms with van der Waals surface area (Å²) in [4.78, 5) is 12.7. The van der Waals surface area contributed by atoms with Crippen molar-refractivity contribution in [1.82, 2.24) is 15.0 Å². The highest BCUT2D eigenvalue weighted by Gasteiger charge is 2.05. The second-order valence-electron chi connectivity index (χ2n) is 4.79. The van der Waals surface area contributed by atoms with Crippen LogP contribution in [0.3, 0.4) is 0 Å². The fourth-order valence-electron chi connectivity index (χ4n) is 2.15. The summed E-state index contributed by atoms with van der Waals surface area (Å²) in [6.07, 6.45) is 4.78. The molecule has 4 rings (SSSR count). The summed E-state index contributed by atoms with van der Waals surface area (Å²) in [5, 5.41) is 4.16. The third-order valence-corrected chi connectivity index (χ3v) is 4.09. The van der Waals surface area contributed by atoms with E-state index in [1.165, 1.54) is 0 Å². The van der Waals surface area contributed by atoms with Crippen LogP contribution in [0.2, 0.25) is 0 Å². The molecule has 0 saturated carbocycles. The van der Waals surface area contributed by atoms with E-state index in [1.807, 2.05) is 42.5 Å². The number of anilines is 2. The first-order chi connectivity index (χ1) is 11.4. The van der Waals surface area contributed by atoms with E-state index < -0.39 is 0 Å². The highest BCUT2D eigenvalue weighted by Crippen LogP contribution is 2.29. The van der Waals surface area contributed by atoms with Crippen molar-refractivity contribution in [3.63, 3.8) is 0 Å². The van der Waals surface area contributed by atoms with Crippen molar-refractivity contribution in [2.24, 2.45) is 0 Å². The molecule has 0 saturated heterocycles. The van der Waals surface area contributed by atoms with Crippen LogP contribution < -0.4 is 10.1 Å². The summed E-state index contributed by atoms with van der Waals surface area (Å²) in [5.74, 6) is 1.15. The Labute approximate surface area is 136 Å². The van der Waals surface area contributed by atoms with Crippen LogP contribution in [0.5, 0.6) is 11.6 Å². The molecule has 23 heavy (non-hydrogen) atoms. The van der Waals surface area contributed by atoms with E-state index in [9.17, 15) is 0 Å². The second kappa shape index (κ2) is 6.02. The van der Waals surface area contributed by atoms with Gasteiger partial charge in [0.1, 0.15) is 5.75 Å². The van der Waals surface area contributed by atoms with Crippen molar-refractivity contribution in [2.45, 2.75) is 0 Å². The molecule has 0 aliphatic carbocycles. The minimum Gasteiger partial charge on any atom is -0.437 e. The van der Waals surface area contributed by atoms with Crippen LogP contribution in [0.15, 0.2) is 67.1 Å². The van der Waals surface area contributed by atoms with Gasteiger partial charge in [0.2, 0.25) is 5.88 Å². The van der Waals surface area contributed by atoms with Gasteiger partial charge in [-0.1, -0.05) is 29.5 Å². The standard InChI is InChI=1S/C17H12N4OS/c1-2-7-15-14(6-1)21-17(23-15)20-12-4-3-5-13(10-12)22-16-11-18-8-9-19-16/h1-11H,(H,20,21). The number of hydrogen-bond donors (Lipinski definition) is 1. The number of para-hydroxylation sites is 1.